The Kier molecular flexibility index (Phi) is 5.69. The molecule has 18 heavy (non-hydrogen) atoms. The van der Waals surface area contributed by atoms with Gasteiger partial charge in [0.25, 0.3) is 0 Å². The Hall–Kier alpha value is -2.05. The minimum atomic E-state index is -1.01. The average molecular weight is 254 g/mol. The molecule has 0 bridgehead atoms. The Bertz CT molecular complexity index is 378. The molecule has 100 valence electrons. The van der Waals surface area contributed by atoms with E-state index in [0.29, 0.717) is 25.9 Å². The van der Waals surface area contributed by atoms with E-state index in [4.69, 9.17) is 5.11 Å². The molecule has 0 radical (unpaired) electrons. The lowest BCUT2D eigenvalue weighted by atomic mass is 10.2. The van der Waals surface area contributed by atoms with Crippen molar-refractivity contribution in [3.63, 3.8) is 0 Å². The number of aliphatic carboxylic acids is 1. The van der Waals surface area contributed by atoms with Crippen LogP contribution in [0.2, 0.25) is 0 Å². The number of carbonyl (C=O) groups is 2. The number of rotatable bonds is 7. The summed E-state index contributed by atoms with van der Waals surface area (Å²) in [6.45, 7) is 2.88. The molecule has 0 unspecified atom stereocenters. The lowest BCUT2D eigenvalue weighted by molar-refractivity contribution is -0.139. The average Bonchev–Trinajstić information content (AvgIpc) is 2.81. The number of hydrogen-bond donors (Lipinski definition) is 3. The second-order valence-electron chi connectivity index (χ2n) is 3.88. The zero-order valence-electron chi connectivity index (χ0n) is 10.3. The second-order valence-corrected chi connectivity index (χ2v) is 3.88. The van der Waals surface area contributed by atoms with Gasteiger partial charge < -0.3 is 20.3 Å². The summed E-state index contributed by atoms with van der Waals surface area (Å²) in [4.78, 5) is 26.2. The highest BCUT2D eigenvalue weighted by molar-refractivity contribution is 5.82. The van der Waals surface area contributed by atoms with Gasteiger partial charge in [0.15, 0.2) is 0 Å². The quantitative estimate of drug-likeness (QED) is 0.657. The molecule has 7 heteroatoms. The van der Waals surface area contributed by atoms with E-state index in [9.17, 15) is 9.59 Å². The fourth-order valence-electron chi connectivity index (χ4n) is 1.47. The van der Waals surface area contributed by atoms with Gasteiger partial charge in [0.2, 0.25) is 0 Å². The van der Waals surface area contributed by atoms with Crippen molar-refractivity contribution in [2.75, 3.05) is 6.54 Å². The van der Waals surface area contributed by atoms with Gasteiger partial charge in [-0.1, -0.05) is 13.3 Å². The third kappa shape index (κ3) is 4.86. The maximum atomic E-state index is 11.5. The van der Waals surface area contributed by atoms with Crippen molar-refractivity contribution in [1.82, 2.24) is 20.2 Å². The van der Waals surface area contributed by atoms with Gasteiger partial charge in [0.05, 0.1) is 6.33 Å². The van der Waals surface area contributed by atoms with Gasteiger partial charge in [-0.2, -0.15) is 0 Å². The first-order chi connectivity index (χ1) is 8.63. The summed E-state index contributed by atoms with van der Waals surface area (Å²) in [7, 11) is 0. The summed E-state index contributed by atoms with van der Waals surface area (Å²) in [6.07, 6.45) is 6.21. The van der Waals surface area contributed by atoms with Crippen LogP contribution in [0, 0.1) is 0 Å². The van der Waals surface area contributed by atoms with Gasteiger partial charge in [-0.3, -0.25) is 0 Å². The predicted molar refractivity (Wildman–Crippen MR) is 65.1 cm³/mol. The number of hydrogen-bond acceptors (Lipinski definition) is 3. The van der Waals surface area contributed by atoms with E-state index >= 15 is 0 Å². The summed E-state index contributed by atoms with van der Waals surface area (Å²) >= 11 is 0. The zero-order chi connectivity index (χ0) is 13.4. The van der Waals surface area contributed by atoms with Crippen LogP contribution in [0.25, 0.3) is 0 Å². The first-order valence-corrected chi connectivity index (χ1v) is 5.86. The van der Waals surface area contributed by atoms with Gasteiger partial charge in [0, 0.05) is 25.5 Å². The number of imidazole rings is 1. The van der Waals surface area contributed by atoms with Crippen LogP contribution in [-0.2, 0) is 11.3 Å². The lowest BCUT2D eigenvalue weighted by Gasteiger charge is -2.14. The van der Waals surface area contributed by atoms with Crippen LogP contribution in [-0.4, -0.2) is 39.2 Å². The maximum absolute atomic E-state index is 11.5. The molecule has 1 aromatic rings. The second kappa shape index (κ2) is 7.31. The molecule has 0 aliphatic heterocycles. The number of carboxylic acids is 1. The van der Waals surface area contributed by atoms with Crippen molar-refractivity contribution < 1.29 is 14.7 Å². The van der Waals surface area contributed by atoms with Crippen LogP contribution in [0.15, 0.2) is 18.7 Å². The van der Waals surface area contributed by atoms with Crippen LogP contribution in [0.5, 0.6) is 0 Å². The molecule has 1 atom stereocenters. The van der Waals surface area contributed by atoms with E-state index in [-0.39, 0.29) is 0 Å². The van der Waals surface area contributed by atoms with Crippen LogP contribution >= 0.6 is 0 Å². The summed E-state index contributed by atoms with van der Waals surface area (Å²) in [5.41, 5.74) is 0. The van der Waals surface area contributed by atoms with Crippen molar-refractivity contribution in [2.45, 2.75) is 32.4 Å². The van der Waals surface area contributed by atoms with Gasteiger partial charge in [-0.15, -0.1) is 0 Å². The van der Waals surface area contributed by atoms with E-state index < -0.39 is 18.0 Å². The molecule has 1 heterocycles. The van der Waals surface area contributed by atoms with E-state index in [1.807, 2.05) is 11.5 Å². The Morgan fingerprint density at radius 1 is 1.50 bits per heavy atom. The number of nitrogens with one attached hydrogen (secondary N) is 2. The van der Waals surface area contributed by atoms with Crippen molar-refractivity contribution in [2.24, 2.45) is 0 Å². The highest BCUT2D eigenvalue weighted by Gasteiger charge is 2.18. The maximum Gasteiger partial charge on any atom is 0.326 e. The van der Waals surface area contributed by atoms with Crippen LogP contribution in [0.4, 0.5) is 4.79 Å². The molecule has 1 rings (SSSR count). The highest BCUT2D eigenvalue weighted by Crippen LogP contribution is 1.96. The number of urea groups is 1. The first-order valence-electron chi connectivity index (χ1n) is 5.86. The van der Waals surface area contributed by atoms with E-state index in [2.05, 4.69) is 15.6 Å². The number of carbonyl (C=O) groups excluding carboxylic acids is 1. The molecule has 0 saturated carbocycles. The molecule has 0 fully saturated rings. The first kappa shape index (κ1) is 14.0. The molecule has 2 amide bonds. The topological polar surface area (TPSA) is 96.3 Å². The summed E-state index contributed by atoms with van der Waals surface area (Å²) < 4.78 is 1.82. The standard InChI is InChI=1S/C11H18N4O3/c1-2-3-9(10(16)17)14-11(18)13-5-7-15-6-4-12-8-15/h4,6,8-9H,2-3,5,7H2,1H3,(H,16,17)(H2,13,14,18)/t9-/m0/s1. The fourth-order valence-corrected chi connectivity index (χ4v) is 1.47. The van der Waals surface area contributed by atoms with Crippen LogP contribution in [0.1, 0.15) is 19.8 Å². The molecule has 0 saturated heterocycles. The largest absolute Gasteiger partial charge is 0.480 e. The molecule has 0 spiro atoms. The monoisotopic (exact) mass is 254 g/mol. The van der Waals surface area contributed by atoms with Crippen LogP contribution in [0.3, 0.4) is 0 Å². The van der Waals surface area contributed by atoms with Crippen molar-refractivity contribution >= 4 is 12.0 Å². The molecular formula is C11H18N4O3. The minimum Gasteiger partial charge on any atom is -0.480 e. The Labute approximate surface area is 105 Å². The summed E-state index contributed by atoms with van der Waals surface area (Å²) in [5, 5.41) is 13.9. The van der Waals surface area contributed by atoms with Gasteiger partial charge >= 0.3 is 12.0 Å². The molecule has 0 aliphatic rings. The number of carboxylic acid groups (broad SMARTS) is 1. The highest BCUT2D eigenvalue weighted by atomic mass is 16.4. The Morgan fingerprint density at radius 2 is 2.28 bits per heavy atom. The molecule has 3 N–H and O–H groups in total. The summed E-state index contributed by atoms with van der Waals surface area (Å²) in [5.74, 6) is -1.01. The van der Waals surface area contributed by atoms with Crippen molar-refractivity contribution in [1.29, 1.82) is 0 Å². The number of amides is 2. The van der Waals surface area contributed by atoms with E-state index in [1.54, 1.807) is 18.7 Å². The van der Waals surface area contributed by atoms with Crippen molar-refractivity contribution in [3.8, 4) is 0 Å². The molecular weight excluding hydrogens is 236 g/mol. The number of nitrogens with zero attached hydrogens (tertiary/aromatic N) is 2. The minimum absolute atomic E-state index is 0.417. The third-order valence-electron chi connectivity index (χ3n) is 2.40. The fraction of sp³-hybridized carbons (Fsp3) is 0.545. The zero-order valence-corrected chi connectivity index (χ0v) is 10.3. The molecule has 0 aromatic carbocycles. The Morgan fingerprint density at radius 3 is 2.83 bits per heavy atom. The van der Waals surface area contributed by atoms with Gasteiger partial charge in [0.1, 0.15) is 6.04 Å². The third-order valence-corrected chi connectivity index (χ3v) is 2.40. The molecule has 7 nitrogen and oxygen atoms in total. The molecule has 0 aliphatic carbocycles. The number of aromatic nitrogens is 2. The smallest absolute Gasteiger partial charge is 0.326 e. The van der Waals surface area contributed by atoms with E-state index in [1.165, 1.54) is 0 Å². The lowest BCUT2D eigenvalue weighted by Crippen LogP contribution is -2.46. The predicted octanol–water partition coefficient (Wildman–Crippen LogP) is 0.436. The SMILES string of the molecule is CCC[C@H](NC(=O)NCCn1ccnc1)C(=O)O. The Balaban J connectivity index is 2.25. The van der Waals surface area contributed by atoms with E-state index in [0.717, 1.165) is 0 Å². The summed E-state index contributed by atoms with van der Waals surface area (Å²) in [6, 6.07) is -1.29. The van der Waals surface area contributed by atoms with Crippen LogP contribution < -0.4 is 10.6 Å². The molecule has 1 aromatic heterocycles. The normalized spacial score (nSPS) is 11.8. The van der Waals surface area contributed by atoms with Crippen molar-refractivity contribution in [3.05, 3.63) is 18.7 Å². The van der Waals surface area contributed by atoms with Gasteiger partial charge in [-0.25, -0.2) is 14.6 Å². The van der Waals surface area contributed by atoms with Gasteiger partial charge in [-0.05, 0) is 6.42 Å².